The van der Waals surface area contributed by atoms with Crippen molar-refractivity contribution in [3.63, 3.8) is 0 Å². The van der Waals surface area contributed by atoms with Crippen LogP contribution in [0, 0.1) is 6.92 Å². The highest BCUT2D eigenvalue weighted by Gasteiger charge is 2.28. The lowest BCUT2D eigenvalue weighted by molar-refractivity contribution is 0.104. The molecule has 3 aromatic carbocycles. The minimum absolute atomic E-state index is 0.0548. The number of aryl methyl sites for hydroxylation is 1. The first kappa shape index (κ1) is 15.8. The van der Waals surface area contributed by atoms with Crippen molar-refractivity contribution in [1.29, 1.82) is 0 Å². The standard InChI is InChI=1S/C24H17NO2/c1-14-7-10-20-19(13-14)21-16-5-3-4-6-17(16)24(26)18-9-8-15(11-12-27-2)23(25-20)22(18)21/h3-13H,1-2H3/b12-11+. The number of aromatic nitrogens is 1. The smallest absolute Gasteiger partial charge is 0.194 e. The van der Waals surface area contributed by atoms with Gasteiger partial charge in [0, 0.05) is 33.0 Å². The van der Waals surface area contributed by atoms with Gasteiger partial charge in [0.05, 0.1) is 24.4 Å². The molecule has 0 spiro atoms. The number of benzene rings is 3. The lowest BCUT2D eigenvalue weighted by atomic mass is 9.81. The summed E-state index contributed by atoms with van der Waals surface area (Å²) in [5.41, 5.74) is 7.40. The molecular weight excluding hydrogens is 334 g/mol. The number of carbonyl (C=O) groups is 1. The zero-order valence-electron chi connectivity index (χ0n) is 15.1. The first-order chi connectivity index (χ1) is 13.2. The molecule has 0 fully saturated rings. The van der Waals surface area contributed by atoms with E-state index in [0.717, 1.165) is 44.1 Å². The van der Waals surface area contributed by atoms with E-state index in [1.54, 1.807) is 13.4 Å². The van der Waals surface area contributed by atoms with Gasteiger partial charge in [-0.15, -0.1) is 0 Å². The van der Waals surface area contributed by atoms with E-state index >= 15 is 0 Å². The maximum absolute atomic E-state index is 13.2. The molecule has 0 radical (unpaired) electrons. The quantitative estimate of drug-likeness (QED) is 0.310. The number of fused-ring (bicyclic) bond motifs is 4. The Labute approximate surface area is 156 Å². The van der Waals surface area contributed by atoms with Crippen LogP contribution >= 0.6 is 0 Å². The average molecular weight is 351 g/mol. The topological polar surface area (TPSA) is 39.2 Å². The van der Waals surface area contributed by atoms with Crippen LogP contribution in [0.2, 0.25) is 0 Å². The molecule has 130 valence electrons. The molecule has 0 bridgehead atoms. The van der Waals surface area contributed by atoms with Gasteiger partial charge in [0.25, 0.3) is 0 Å². The van der Waals surface area contributed by atoms with Gasteiger partial charge in [0.2, 0.25) is 0 Å². The number of methoxy groups -OCH3 is 1. The molecule has 4 aromatic rings. The number of hydrogen-bond donors (Lipinski definition) is 0. The molecule has 1 aliphatic carbocycles. The molecule has 0 saturated carbocycles. The van der Waals surface area contributed by atoms with Gasteiger partial charge in [-0.2, -0.15) is 0 Å². The summed E-state index contributed by atoms with van der Waals surface area (Å²) < 4.78 is 5.10. The summed E-state index contributed by atoms with van der Waals surface area (Å²) in [5, 5.41) is 2.01. The Morgan fingerprint density at radius 1 is 0.963 bits per heavy atom. The van der Waals surface area contributed by atoms with Crippen LogP contribution < -0.4 is 0 Å². The molecule has 0 amide bonds. The highest BCUT2D eigenvalue weighted by molar-refractivity contribution is 6.29. The monoisotopic (exact) mass is 351 g/mol. The van der Waals surface area contributed by atoms with Crippen LogP contribution in [0.1, 0.15) is 27.0 Å². The Kier molecular flexibility index (Phi) is 3.37. The number of nitrogens with zero attached hydrogens (tertiary/aromatic N) is 1. The number of hydrogen-bond acceptors (Lipinski definition) is 3. The van der Waals surface area contributed by atoms with Crippen molar-refractivity contribution in [2.24, 2.45) is 0 Å². The zero-order chi connectivity index (χ0) is 18.5. The van der Waals surface area contributed by atoms with Crippen LogP contribution in [-0.4, -0.2) is 17.9 Å². The van der Waals surface area contributed by atoms with E-state index in [-0.39, 0.29) is 5.78 Å². The number of ether oxygens (including phenoxy) is 1. The van der Waals surface area contributed by atoms with Crippen LogP contribution in [0.4, 0.5) is 0 Å². The fourth-order valence-electron chi connectivity index (χ4n) is 3.97. The highest BCUT2D eigenvalue weighted by atomic mass is 16.5. The van der Waals surface area contributed by atoms with E-state index in [1.807, 2.05) is 42.5 Å². The van der Waals surface area contributed by atoms with Crippen molar-refractivity contribution < 1.29 is 9.53 Å². The van der Waals surface area contributed by atoms with Gasteiger partial charge in [-0.05, 0) is 36.8 Å². The third kappa shape index (κ3) is 2.21. The molecular formula is C24H17NO2. The largest absolute Gasteiger partial charge is 0.504 e. The number of pyridine rings is 1. The molecule has 0 aliphatic heterocycles. The van der Waals surface area contributed by atoms with Gasteiger partial charge >= 0.3 is 0 Å². The predicted molar refractivity (Wildman–Crippen MR) is 109 cm³/mol. The minimum Gasteiger partial charge on any atom is -0.504 e. The molecule has 0 N–H and O–H groups in total. The van der Waals surface area contributed by atoms with Crippen molar-refractivity contribution in [3.8, 4) is 11.1 Å². The van der Waals surface area contributed by atoms with Crippen LogP contribution in [0.15, 0.2) is 60.9 Å². The SMILES string of the molecule is CO/C=C/c1ccc2c3c(c4cc(C)ccc4nc13)-c1ccccc1C2=O. The van der Waals surface area contributed by atoms with E-state index in [2.05, 4.69) is 25.1 Å². The molecule has 3 nitrogen and oxygen atoms in total. The Morgan fingerprint density at radius 2 is 1.78 bits per heavy atom. The summed E-state index contributed by atoms with van der Waals surface area (Å²) in [6.07, 6.45) is 3.53. The van der Waals surface area contributed by atoms with Crippen molar-refractivity contribution >= 4 is 33.7 Å². The van der Waals surface area contributed by atoms with Crippen LogP contribution in [0.5, 0.6) is 0 Å². The first-order valence-corrected chi connectivity index (χ1v) is 8.89. The summed E-state index contributed by atoms with van der Waals surface area (Å²) in [4.78, 5) is 18.1. The number of ketones is 1. The van der Waals surface area contributed by atoms with Gasteiger partial charge in [-0.25, -0.2) is 4.98 Å². The van der Waals surface area contributed by atoms with Crippen LogP contribution in [0.3, 0.4) is 0 Å². The highest BCUT2D eigenvalue weighted by Crippen LogP contribution is 2.43. The number of rotatable bonds is 2. The molecule has 0 saturated heterocycles. The Morgan fingerprint density at radius 3 is 2.59 bits per heavy atom. The lowest BCUT2D eigenvalue weighted by Gasteiger charge is -2.22. The third-order valence-electron chi connectivity index (χ3n) is 5.18. The Balaban J connectivity index is 2.05. The average Bonchev–Trinajstić information content (AvgIpc) is 2.69. The van der Waals surface area contributed by atoms with E-state index in [0.29, 0.717) is 5.56 Å². The molecule has 1 aromatic heterocycles. The Hall–Kier alpha value is -3.46. The van der Waals surface area contributed by atoms with Gasteiger partial charge in [-0.3, -0.25) is 4.79 Å². The second-order valence-corrected chi connectivity index (χ2v) is 6.85. The summed E-state index contributed by atoms with van der Waals surface area (Å²) in [5.74, 6) is 0.0548. The molecule has 0 atom stereocenters. The summed E-state index contributed by atoms with van der Waals surface area (Å²) >= 11 is 0. The summed E-state index contributed by atoms with van der Waals surface area (Å²) in [6, 6.07) is 18.0. The molecule has 5 rings (SSSR count). The normalized spacial score (nSPS) is 12.7. The minimum atomic E-state index is 0.0548. The second kappa shape index (κ2) is 5.78. The Bertz CT molecular complexity index is 1280. The van der Waals surface area contributed by atoms with Crippen LogP contribution in [-0.2, 0) is 4.74 Å². The van der Waals surface area contributed by atoms with Crippen molar-refractivity contribution in [1.82, 2.24) is 4.98 Å². The van der Waals surface area contributed by atoms with E-state index in [4.69, 9.17) is 9.72 Å². The lowest BCUT2D eigenvalue weighted by Crippen LogP contribution is -2.11. The van der Waals surface area contributed by atoms with E-state index < -0.39 is 0 Å². The van der Waals surface area contributed by atoms with Gasteiger partial charge in [0.1, 0.15) is 0 Å². The maximum atomic E-state index is 13.2. The van der Waals surface area contributed by atoms with E-state index in [1.165, 1.54) is 5.56 Å². The van der Waals surface area contributed by atoms with Crippen molar-refractivity contribution in [3.05, 3.63) is 83.1 Å². The van der Waals surface area contributed by atoms with Crippen molar-refractivity contribution in [2.45, 2.75) is 6.92 Å². The van der Waals surface area contributed by atoms with Crippen LogP contribution in [0.25, 0.3) is 39.0 Å². The van der Waals surface area contributed by atoms with Gasteiger partial charge in [-0.1, -0.05) is 42.0 Å². The zero-order valence-corrected chi connectivity index (χ0v) is 15.1. The molecule has 27 heavy (non-hydrogen) atoms. The van der Waals surface area contributed by atoms with Gasteiger partial charge in [0.15, 0.2) is 5.78 Å². The molecule has 0 unspecified atom stereocenters. The third-order valence-corrected chi connectivity index (χ3v) is 5.18. The van der Waals surface area contributed by atoms with E-state index in [9.17, 15) is 4.79 Å². The summed E-state index contributed by atoms with van der Waals surface area (Å²) in [6.45, 7) is 2.08. The molecule has 3 heteroatoms. The predicted octanol–water partition coefficient (Wildman–Crippen LogP) is 5.52. The first-order valence-electron chi connectivity index (χ1n) is 8.89. The fraction of sp³-hybridized carbons (Fsp3) is 0.0833. The van der Waals surface area contributed by atoms with Crippen molar-refractivity contribution in [2.75, 3.05) is 7.11 Å². The second-order valence-electron chi connectivity index (χ2n) is 6.85. The maximum Gasteiger partial charge on any atom is 0.194 e. The molecule has 1 aliphatic rings. The fourth-order valence-corrected chi connectivity index (χ4v) is 3.97. The summed E-state index contributed by atoms with van der Waals surface area (Å²) in [7, 11) is 1.62. The van der Waals surface area contributed by atoms with Gasteiger partial charge < -0.3 is 4.74 Å². The molecule has 1 heterocycles. The number of carbonyl (C=O) groups excluding carboxylic acids is 1.